The second-order valence-corrected chi connectivity index (χ2v) is 14.7. The summed E-state index contributed by atoms with van der Waals surface area (Å²) in [4.78, 5) is 0. The van der Waals surface area contributed by atoms with Crippen molar-refractivity contribution in [2.45, 2.75) is 0 Å². The van der Waals surface area contributed by atoms with Crippen LogP contribution in [0.1, 0.15) is 0 Å². The molecule has 0 atom stereocenters. The number of benzene rings is 10. The molecule has 0 amide bonds. The molecule has 0 aliphatic rings. The van der Waals surface area contributed by atoms with E-state index in [0.29, 0.717) is 0 Å². The monoisotopic (exact) mass is 712 g/mol. The Kier molecular flexibility index (Phi) is 6.66. The lowest BCUT2D eigenvalue weighted by molar-refractivity contribution is 0.669. The Morgan fingerprint density at radius 3 is 1.52 bits per heavy atom. The molecular weight excluding hydrogens is 681 g/mol. The van der Waals surface area contributed by atoms with Crippen molar-refractivity contribution in [3.63, 3.8) is 0 Å². The van der Waals surface area contributed by atoms with Gasteiger partial charge in [0.1, 0.15) is 22.3 Å². The van der Waals surface area contributed by atoms with Gasteiger partial charge >= 0.3 is 0 Å². The molecule has 0 aliphatic heterocycles. The molecule has 2 nitrogen and oxygen atoms in total. The van der Waals surface area contributed by atoms with Gasteiger partial charge < -0.3 is 8.83 Å². The molecule has 12 aromatic rings. The van der Waals surface area contributed by atoms with Crippen molar-refractivity contribution < 1.29 is 8.83 Å². The van der Waals surface area contributed by atoms with Gasteiger partial charge in [0.2, 0.25) is 0 Å². The molecule has 10 aromatic carbocycles. The van der Waals surface area contributed by atoms with Crippen LogP contribution in [-0.4, -0.2) is 0 Å². The van der Waals surface area contributed by atoms with Gasteiger partial charge in [0, 0.05) is 27.1 Å². The van der Waals surface area contributed by atoms with E-state index >= 15 is 0 Å². The summed E-state index contributed by atoms with van der Waals surface area (Å²) >= 11 is 0. The first-order valence-electron chi connectivity index (χ1n) is 19.2. The summed E-state index contributed by atoms with van der Waals surface area (Å²) in [6, 6.07) is 70.0. The SMILES string of the molecule is c1cc(-c2ccc3ccccc3c2)c(-c2c3ccccc3c(-c3ccc4oc5ccccc5c4c3)c3ccccc23)c(-c2cccc3c2oc2ccccc23)c1. The Balaban J connectivity index is 1.22. The van der Waals surface area contributed by atoms with E-state index < -0.39 is 0 Å². The molecule has 0 fully saturated rings. The van der Waals surface area contributed by atoms with Gasteiger partial charge in [-0.3, -0.25) is 0 Å². The minimum absolute atomic E-state index is 0.893. The van der Waals surface area contributed by atoms with Crippen LogP contribution in [0.4, 0.5) is 0 Å². The van der Waals surface area contributed by atoms with Gasteiger partial charge in [0.05, 0.1) is 0 Å². The molecule has 2 heterocycles. The number of rotatable bonds is 4. The van der Waals surface area contributed by atoms with E-state index in [1.54, 1.807) is 0 Å². The van der Waals surface area contributed by atoms with E-state index in [1.807, 2.05) is 18.2 Å². The fourth-order valence-corrected chi connectivity index (χ4v) is 9.19. The van der Waals surface area contributed by atoms with Gasteiger partial charge in [0.15, 0.2) is 0 Å². The lowest BCUT2D eigenvalue weighted by Gasteiger charge is -2.22. The Bertz CT molecular complexity index is 3490. The fraction of sp³-hybridized carbons (Fsp3) is 0. The molecule has 0 N–H and O–H groups in total. The number of fused-ring (bicyclic) bond motifs is 9. The van der Waals surface area contributed by atoms with Gasteiger partial charge in [-0.05, 0) is 102 Å². The van der Waals surface area contributed by atoms with Gasteiger partial charge in [-0.25, -0.2) is 0 Å². The molecule has 0 saturated carbocycles. The maximum atomic E-state index is 6.74. The Morgan fingerprint density at radius 2 is 0.768 bits per heavy atom. The van der Waals surface area contributed by atoms with Crippen molar-refractivity contribution in [2.75, 3.05) is 0 Å². The first-order valence-corrected chi connectivity index (χ1v) is 19.2. The van der Waals surface area contributed by atoms with Crippen LogP contribution in [0, 0.1) is 0 Å². The van der Waals surface area contributed by atoms with Gasteiger partial charge in [0.25, 0.3) is 0 Å². The highest BCUT2D eigenvalue weighted by Gasteiger charge is 2.24. The van der Waals surface area contributed by atoms with Gasteiger partial charge in [-0.1, -0.05) is 164 Å². The van der Waals surface area contributed by atoms with E-state index in [0.717, 1.165) is 60.6 Å². The lowest BCUT2D eigenvalue weighted by Crippen LogP contribution is -1.95. The van der Waals surface area contributed by atoms with E-state index in [1.165, 1.54) is 60.1 Å². The van der Waals surface area contributed by atoms with Crippen LogP contribution in [-0.2, 0) is 0 Å². The molecule has 260 valence electrons. The van der Waals surface area contributed by atoms with Crippen molar-refractivity contribution in [1.82, 2.24) is 0 Å². The minimum Gasteiger partial charge on any atom is -0.456 e. The number of hydrogen-bond donors (Lipinski definition) is 0. The van der Waals surface area contributed by atoms with Crippen LogP contribution in [0.15, 0.2) is 203 Å². The van der Waals surface area contributed by atoms with Crippen LogP contribution in [0.3, 0.4) is 0 Å². The molecule has 0 aliphatic carbocycles. The first-order chi connectivity index (χ1) is 27.8. The van der Waals surface area contributed by atoms with Crippen molar-refractivity contribution in [3.8, 4) is 44.5 Å². The zero-order chi connectivity index (χ0) is 36.7. The summed E-state index contributed by atoms with van der Waals surface area (Å²) in [6.07, 6.45) is 0. The van der Waals surface area contributed by atoms with Crippen molar-refractivity contribution in [2.24, 2.45) is 0 Å². The number of para-hydroxylation sites is 3. The summed E-state index contributed by atoms with van der Waals surface area (Å²) in [7, 11) is 0. The summed E-state index contributed by atoms with van der Waals surface area (Å²) in [6.45, 7) is 0. The highest BCUT2D eigenvalue weighted by atomic mass is 16.3. The van der Waals surface area contributed by atoms with Crippen LogP contribution in [0.2, 0.25) is 0 Å². The second kappa shape index (κ2) is 12.0. The van der Waals surface area contributed by atoms with Crippen molar-refractivity contribution in [1.29, 1.82) is 0 Å². The van der Waals surface area contributed by atoms with E-state index in [-0.39, 0.29) is 0 Å². The van der Waals surface area contributed by atoms with Crippen LogP contribution in [0.25, 0.3) is 121 Å². The smallest absolute Gasteiger partial charge is 0.143 e. The zero-order valence-corrected chi connectivity index (χ0v) is 30.3. The first kappa shape index (κ1) is 31.0. The maximum Gasteiger partial charge on any atom is 0.143 e. The summed E-state index contributed by atoms with van der Waals surface area (Å²) in [5.41, 5.74) is 12.9. The summed E-state index contributed by atoms with van der Waals surface area (Å²) in [5, 5.41) is 11.7. The average molecular weight is 713 g/mol. The predicted molar refractivity (Wildman–Crippen MR) is 235 cm³/mol. The molecule has 0 bridgehead atoms. The third kappa shape index (κ3) is 4.57. The van der Waals surface area contributed by atoms with E-state index in [4.69, 9.17) is 8.83 Å². The largest absolute Gasteiger partial charge is 0.456 e. The Hall–Kier alpha value is -7.42. The summed E-state index contributed by atoms with van der Waals surface area (Å²) < 4.78 is 13.0. The quantitative estimate of drug-likeness (QED) is 0.170. The number of hydrogen-bond acceptors (Lipinski definition) is 2. The van der Waals surface area contributed by atoms with Crippen molar-refractivity contribution >= 4 is 76.2 Å². The molecule has 0 spiro atoms. The molecule has 56 heavy (non-hydrogen) atoms. The molecule has 12 rings (SSSR count). The standard InChI is InChI=1S/C54H32O2/c1-2-14-34-31-35(28-27-33(34)13-1)37-21-11-22-44(46-24-12-23-45-38-15-7-10-26-49(38)56-54(45)46)52(37)53-42-19-5-3-17-40(42)51(41-18-4-6-20-43(41)53)36-29-30-50-47(32-36)39-16-8-9-25-48(39)55-50/h1-32H. The molecule has 0 radical (unpaired) electrons. The average Bonchev–Trinajstić information content (AvgIpc) is 3.83. The van der Waals surface area contributed by atoms with Crippen LogP contribution in [0.5, 0.6) is 0 Å². The van der Waals surface area contributed by atoms with Crippen molar-refractivity contribution in [3.05, 3.63) is 194 Å². The fourth-order valence-electron chi connectivity index (χ4n) is 9.19. The normalized spacial score (nSPS) is 11.9. The maximum absolute atomic E-state index is 6.74. The molecule has 2 aromatic heterocycles. The Morgan fingerprint density at radius 1 is 0.250 bits per heavy atom. The van der Waals surface area contributed by atoms with Crippen LogP contribution < -0.4 is 0 Å². The Labute approximate surface area is 322 Å². The lowest BCUT2D eigenvalue weighted by atomic mass is 9.80. The van der Waals surface area contributed by atoms with Gasteiger partial charge in [-0.2, -0.15) is 0 Å². The third-order valence-corrected chi connectivity index (χ3v) is 11.7. The molecular formula is C54H32O2. The second-order valence-electron chi connectivity index (χ2n) is 14.7. The van der Waals surface area contributed by atoms with Crippen LogP contribution >= 0.6 is 0 Å². The molecule has 0 unspecified atom stereocenters. The topological polar surface area (TPSA) is 26.3 Å². The summed E-state index contributed by atoms with van der Waals surface area (Å²) in [5.74, 6) is 0. The molecule has 0 saturated heterocycles. The minimum atomic E-state index is 0.893. The third-order valence-electron chi connectivity index (χ3n) is 11.7. The highest BCUT2D eigenvalue weighted by molar-refractivity contribution is 6.25. The molecule has 2 heteroatoms. The van der Waals surface area contributed by atoms with Gasteiger partial charge in [-0.15, -0.1) is 0 Å². The number of furan rings is 2. The predicted octanol–water partition coefficient (Wildman–Crippen LogP) is 15.6. The zero-order valence-electron chi connectivity index (χ0n) is 30.3. The highest BCUT2D eigenvalue weighted by Crippen LogP contribution is 2.51. The van der Waals surface area contributed by atoms with E-state index in [9.17, 15) is 0 Å². The van der Waals surface area contributed by atoms with E-state index in [2.05, 4.69) is 176 Å².